The van der Waals surface area contributed by atoms with Gasteiger partial charge in [0.05, 0.1) is 45.0 Å². The lowest BCUT2D eigenvalue weighted by Gasteiger charge is -2.32. The van der Waals surface area contributed by atoms with Crippen LogP contribution in [0.5, 0.6) is 11.5 Å². The Morgan fingerprint density at radius 1 is 0.507 bits per heavy atom. The number of aromatic carboxylic acids is 1. The van der Waals surface area contributed by atoms with E-state index in [0.29, 0.717) is 104 Å². The van der Waals surface area contributed by atoms with Gasteiger partial charge in [-0.1, -0.05) is 94.2 Å². The Morgan fingerprint density at radius 2 is 0.971 bits per heavy atom. The fraction of sp³-hybridized carbons (Fsp3) is 0.453. The number of aromatic nitrogens is 6. The second-order valence-corrected chi connectivity index (χ2v) is 36.7. The number of carboxylic acids is 1. The molecule has 4 aromatic heterocycles. The lowest BCUT2D eigenvalue weighted by molar-refractivity contribution is -0.137. The average molecular weight is 1940 g/mol. The van der Waals surface area contributed by atoms with Crippen LogP contribution < -0.4 is 41.4 Å². The summed E-state index contributed by atoms with van der Waals surface area (Å²) in [7, 11) is 4.28. The molecule has 0 spiro atoms. The molecule has 16 rings (SSSR count). The lowest BCUT2D eigenvalue weighted by Crippen LogP contribution is -2.54. The number of nitrogens with zero attached hydrogens (tertiary/aromatic N) is 14. The monoisotopic (exact) mass is 1940 g/mol. The Labute approximate surface area is 805 Å². The van der Waals surface area contributed by atoms with E-state index in [9.17, 15) is 72.2 Å². The van der Waals surface area contributed by atoms with E-state index in [-0.39, 0.29) is 129 Å². The summed E-state index contributed by atoms with van der Waals surface area (Å²) in [5.41, 5.74) is 5.76. The van der Waals surface area contributed by atoms with Crippen molar-refractivity contribution in [3.05, 3.63) is 184 Å². The summed E-state index contributed by atoms with van der Waals surface area (Å²) in [4.78, 5) is 199. The summed E-state index contributed by atoms with van der Waals surface area (Å²) in [5.74, 6) is -5.25. The molecule has 7 N–H and O–H groups in total. The highest BCUT2D eigenvalue weighted by molar-refractivity contribution is 7.17. The second kappa shape index (κ2) is 46.8. The van der Waals surface area contributed by atoms with Gasteiger partial charge in [-0.05, 0) is 159 Å². The van der Waals surface area contributed by atoms with Crippen LogP contribution in [0.4, 0.5) is 0 Å². The first-order valence-corrected chi connectivity index (χ1v) is 47.3. The Balaban J connectivity index is 0.000000201. The van der Waals surface area contributed by atoms with Gasteiger partial charge in [0.15, 0.2) is 24.9 Å². The zero-order chi connectivity index (χ0) is 95.1. The predicted molar refractivity (Wildman–Crippen MR) is 511 cm³/mol. The van der Waals surface area contributed by atoms with E-state index in [1.165, 1.54) is 53.0 Å². The highest BCUT2D eigenvalue weighted by atomic mass is 35.5. The Bertz CT molecular complexity index is 5910. The molecular formula is C95H114Cl2N20O17S2. The maximum Gasteiger partial charge on any atom is 0.346 e. The normalized spacial score (nSPS) is 18.0. The molecule has 4 saturated heterocycles. The fourth-order valence-corrected chi connectivity index (χ4v) is 19.8. The van der Waals surface area contributed by atoms with Crippen molar-refractivity contribution in [2.24, 2.45) is 9.98 Å². The van der Waals surface area contributed by atoms with E-state index in [0.717, 1.165) is 136 Å². The Morgan fingerprint density at radius 3 is 1.48 bits per heavy atom. The molecule has 12 heterocycles. The van der Waals surface area contributed by atoms with E-state index in [2.05, 4.69) is 92.9 Å². The summed E-state index contributed by atoms with van der Waals surface area (Å²) in [6, 6.07) is 20.2. The van der Waals surface area contributed by atoms with Gasteiger partial charge in [0.1, 0.15) is 68.5 Å². The number of piperazine rings is 2. The van der Waals surface area contributed by atoms with E-state index in [1.807, 2.05) is 47.2 Å². The number of piperidine rings is 2. The van der Waals surface area contributed by atoms with Gasteiger partial charge in [-0.2, -0.15) is 0 Å². The van der Waals surface area contributed by atoms with Crippen LogP contribution in [0.3, 0.4) is 0 Å². The predicted octanol–water partition coefficient (Wildman–Crippen LogP) is 9.04. The van der Waals surface area contributed by atoms with Gasteiger partial charge in [-0.25, -0.2) is 4.79 Å². The van der Waals surface area contributed by atoms with Gasteiger partial charge in [0.2, 0.25) is 29.5 Å². The van der Waals surface area contributed by atoms with Crippen LogP contribution in [0.15, 0.2) is 101 Å². The highest BCUT2D eigenvalue weighted by Crippen LogP contribution is 2.44. The number of imide groups is 4. The Kier molecular flexibility index (Phi) is 35.3. The number of aliphatic imine (C=N–C) groups is 2. The summed E-state index contributed by atoms with van der Waals surface area (Å²) in [6.07, 6.45) is 9.15. The van der Waals surface area contributed by atoms with Crippen molar-refractivity contribution in [1.82, 2.24) is 90.8 Å². The van der Waals surface area contributed by atoms with Gasteiger partial charge in [-0.15, -0.1) is 43.1 Å². The van der Waals surface area contributed by atoms with Gasteiger partial charge >= 0.3 is 5.97 Å². The van der Waals surface area contributed by atoms with E-state index in [4.69, 9.17) is 42.7 Å². The molecule has 8 aliphatic rings. The summed E-state index contributed by atoms with van der Waals surface area (Å²) >= 11 is 14.9. The molecule has 0 saturated carbocycles. The van der Waals surface area contributed by atoms with Crippen LogP contribution in [0, 0.1) is 20.8 Å². The number of likely N-dealkylation sites (N-methyl/N-ethyl adjacent to an activating group) is 2. The maximum atomic E-state index is 13.8. The average Bonchev–Trinajstić information content (AvgIpc) is 1.57. The van der Waals surface area contributed by atoms with Crippen LogP contribution in [0.25, 0.3) is 10.0 Å². The minimum atomic E-state index is -1.13. The molecule has 8 aliphatic heterocycles. The number of hydrogen-bond donors (Lipinski definition) is 7. The number of unbranched alkanes of at least 4 members (excludes halogenated alkanes) is 4. The first kappa shape index (κ1) is 102. The number of nitrogens with one attached hydrogen (secondary N) is 6. The number of rotatable bonds is 34. The molecule has 41 heteroatoms. The number of ether oxygens (including phenoxy) is 2. The number of halogens is 2. The third-order valence-electron chi connectivity index (χ3n) is 24.4. The Hall–Kier alpha value is -12.5. The van der Waals surface area contributed by atoms with Gasteiger partial charge in [-0.3, -0.25) is 102 Å². The van der Waals surface area contributed by atoms with Crippen molar-refractivity contribution in [1.29, 1.82) is 0 Å². The van der Waals surface area contributed by atoms with Crippen molar-refractivity contribution < 1.29 is 81.7 Å². The number of benzene rings is 4. The topological polar surface area (TPSA) is 455 Å². The van der Waals surface area contributed by atoms with Crippen molar-refractivity contribution in [3.63, 3.8) is 0 Å². The fourth-order valence-electron chi connectivity index (χ4n) is 17.1. The molecule has 2 unspecified atom stereocenters. The summed E-state index contributed by atoms with van der Waals surface area (Å²) in [5, 5.41) is 45.6. The summed E-state index contributed by atoms with van der Waals surface area (Å²) in [6.45, 7) is 19.0. The van der Waals surface area contributed by atoms with Gasteiger partial charge < -0.3 is 55.4 Å². The molecule has 0 aliphatic carbocycles. The molecule has 4 atom stereocenters. The van der Waals surface area contributed by atoms with Crippen LogP contribution in [-0.2, 0) is 38.4 Å². The number of carbonyl (C=O) groups is 14. The standard InChI is InChI=1S/C45H50ClN11O8S.C28H33ClN6O3S.C20H23N3O6.2CH4/c1-26-36-38(27-9-11-28(46)12-10-27)51-30(23-34(59)47-17-6-18-55-21-19-54(2)20-22-55)40-53-50-25-56(40)45(36)66-39(26)42(62)49-16-4-3-15-48-35(60)24-65-32-8-5-7-29-37(32)44(64)57(43(29)63)31-13-14-33(58)52-41(31)61;1-17-23-24(19-7-9-20(29)10-8-19)30-22(16-21(36)6-4-5-11-34-14-12-33(3)13-15-34)26-32-31-18(2)35(26)27(23)39-25(17)28(37)38;1-2-3-4-10-21-16(25)11-29-14-7-5-6-12-17(14)20(28)23(19(12)27)13-8-9-15(24)22-18(13)26;;/h5,7-12,25,30-31H,3-4,6,13-24H2,1-2H3,(H,47,59)(H,48,60)(H,49,62)(H,52,58,61);7-10,22H,4-6,11-16H2,1-3H3,(H,37,38);5-7,13H,2-4,8-11H2,1H3,(H,21,25)(H,22,24,26);2*1H4/t30-,31?;22-;;;/m01.../s1. The number of fused-ring (bicyclic) bond motifs is 8. The number of Topliss-reactive ketones (excluding diaryl/α,β-unsaturated/α-hetero) is 1. The van der Waals surface area contributed by atoms with Gasteiger partial charge in [0, 0.05) is 137 Å². The first-order valence-electron chi connectivity index (χ1n) is 44.9. The van der Waals surface area contributed by atoms with E-state index >= 15 is 0 Å². The molecule has 4 aromatic carbocycles. The van der Waals surface area contributed by atoms with Crippen LogP contribution >= 0.6 is 45.9 Å². The van der Waals surface area contributed by atoms with Crippen molar-refractivity contribution in [3.8, 4) is 21.5 Å². The zero-order valence-electron chi connectivity index (χ0n) is 75.2. The van der Waals surface area contributed by atoms with E-state index < -0.39 is 89.9 Å². The van der Waals surface area contributed by atoms with Crippen molar-refractivity contribution in [2.75, 3.05) is 119 Å². The molecule has 0 radical (unpaired) electrons. The number of amides is 12. The summed E-state index contributed by atoms with van der Waals surface area (Å²) < 4.78 is 14.9. The largest absolute Gasteiger partial charge is 0.483 e. The molecular weight excluding hydrogens is 1830 g/mol. The van der Waals surface area contributed by atoms with Crippen LogP contribution in [0.1, 0.15) is 242 Å². The molecule has 12 amide bonds. The third-order valence-corrected chi connectivity index (χ3v) is 27.5. The number of carboxylic acid groups (broad SMARTS) is 1. The minimum absolute atomic E-state index is 0. The quantitative estimate of drug-likeness (QED) is 0.0146. The molecule has 722 valence electrons. The van der Waals surface area contributed by atoms with Crippen molar-refractivity contribution >= 4 is 140 Å². The number of ketones is 1. The van der Waals surface area contributed by atoms with E-state index in [1.54, 1.807) is 43.6 Å². The highest BCUT2D eigenvalue weighted by Gasteiger charge is 2.49. The molecule has 136 heavy (non-hydrogen) atoms. The van der Waals surface area contributed by atoms with Crippen LogP contribution in [-0.4, -0.2) is 289 Å². The SMILES string of the molecule is C.C.CCCCCNC(=O)COc1cccc2c1C(=O)N(C1CCC(=O)NC1=O)C2=O.Cc1c(C(=O)NCCCCNC(=O)COc2cccc3c2C(=O)N(C2CCC(=O)NC2=O)C3=O)sc2c1C(c1ccc(Cl)cc1)=N[C@@H](CC(=O)NCCCN1CCN(C)CC1)c1nncn1-2.Cc1c(C(=O)O)sc2c1C(c1ccc(Cl)cc1)=N[C@H](CC(=O)CCCCN1CCN(C)CC1)c1nnc(C)n1-2. The zero-order valence-corrected chi connectivity index (χ0v) is 78.3. The van der Waals surface area contributed by atoms with Crippen LogP contribution in [0.2, 0.25) is 10.0 Å². The molecule has 0 bridgehead atoms. The van der Waals surface area contributed by atoms with Crippen molar-refractivity contribution in [2.45, 2.75) is 163 Å². The minimum Gasteiger partial charge on any atom is -0.483 e. The molecule has 8 aromatic rings. The smallest absolute Gasteiger partial charge is 0.346 e. The second-order valence-electron chi connectivity index (χ2n) is 33.9. The third kappa shape index (κ3) is 23.9. The lowest BCUT2D eigenvalue weighted by atomic mass is 9.99. The first-order chi connectivity index (χ1) is 64.5. The number of hydrogen-bond acceptors (Lipinski definition) is 28. The number of thiophene rings is 2. The van der Waals surface area contributed by atoms with Gasteiger partial charge in [0.25, 0.3) is 41.4 Å². The number of aryl methyl sites for hydroxylation is 1. The number of carbonyl (C=O) groups excluding carboxylic acids is 13. The molecule has 4 fully saturated rings. The maximum absolute atomic E-state index is 13.8. The molecule has 37 nitrogen and oxygen atoms in total.